The number of nitrogens with one attached hydrogen (secondary N) is 1. The highest BCUT2D eigenvalue weighted by molar-refractivity contribution is 5.91. The van der Waals surface area contributed by atoms with E-state index in [9.17, 15) is 14.9 Å². The Balaban J connectivity index is 1.77. The molecule has 1 N–H and O–H groups in total. The van der Waals surface area contributed by atoms with Crippen molar-refractivity contribution >= 4 is 17.7 Å². The minimum absolute atomic E-state index is 0.00226. The van der Waals surface area contributed by atoms with E-state index < -0.39 is 4.92 Å². The van der Waals surface area contributed by atoms with Crippen LogP contribution in [0.1, 0.15) is 23.4 Å². The third-order valence-corrected chi connectivity index (χ3v) is 3.46. The molecule has 0 spiro atoms. The van der Waals surface area contributed by atoms with Gasteiger partial charge in [0.05, 0.1) is 10.6 Å². The molecule has 1 aromatic carbocycles. The predicted molar refractivity (Wildman–Crippen MR) is 91.5 cm³/mol. The van der Waals surface area contributed by atoms with Gasteiger partial charge in [0.2, 0.25) is 5.91 Å². The van der Waals surface area contributed by atoms with E-state index in [1.54, 1.807) is 18.2 Å². The van der Waals surface area contributed by atoms with Gasteiger partial charge in [-0.2, -0.15) is 5.10 Å². The average molecular weight is 328 g/mol. The molecule has 7 heteroatoms. The molecule has 7 nitrogen and oxygen atoms in total. The number of carbonyl (C=O) groups is 1. The number of amides is 1. The van der Waals surface area contributed by atoms with Gasteiger partial charge in [-0.1, -0.05) is 12.1 Å². The number of non-ortho nitro benzene ring substituents is 1. The SMILES string of the molecule is Cc1cc(C)n(CCCNC(=O)/C=C/c2cccc([N+](=O)[O-])c2)n1. The van der Waals surface area contributed by atoms with Crippen molar-refractivity contribution in [3.8, 4) is 0 Å². The lowest BCUT2D eigenvalue weighted by molar-refractivity contribution is -0.384. The molecular formula is C17H20N4O3. The van der Waals surface area contributed by atoms with Crippen LogP contribution in [0, 0.1) is 24.0 Å². The quantitative estimate of drug-likeness (QED) is 0.366. The number of benzene rings is 1. The van der Waals surface area contributed by atoms with Crippen molar-refractivity contribution < 1.29 is 9.72 Å². The number of hydrogen-bond acceptors (Lipinski definition) is 4. The van der Waals surface area contributed by atoms with E-state index in [-0.39, 0.29) is 11.6 Å². The molecule has 2 aromatic rings. The van der Waals surface area contributed by atoms with E-state index in [1.807, 2.05) is 24.6 Å². The van der Waals surface area contributed by atoms with Gasteiger partial charge >= 0.3 is 0 Å². The van der Waals surface area contributed by atoms with Crippen LogP contribution in [0.25, 0.3) is 6.08 Å². The highest BCUT2D eigenvalue weighted by atomic mass is 16.6. The molecule has 1 aromatic heterocycles. The number of nitro benzene ring substituents is 1. The zero-order chi connectivity index (χ0) is 17.5. The molecule has 1 heterocycles. The lowest BCUT2D eigenvalue weighted by atomic mass is 10.2. The number of rotatable bonds is 7. The van der Waals surface area contributed by atoms with Gasteiger partial charge in [-0.15, -0.1) is 0 Å². The number of carbonyl (C=O) groups excluding carboxylic acids is 1. The molecule has 0 fully saturated rings. The zero-order valence-corrected chi connectivity index (χ0v) is 13.7. The minimum atomic E-state index is -0.462. The molecular weight excluding hydrogens is 308 g/mol. The second-order valence-corrected chi connectivity index (χ2v) is 5.48. The minimum Gasteiger partial charge on any atom is -0.352 e. The summed E-state index contributed by atoms with van der Waals surface area (Å²) < 4.78 is 1.92. The second kappa shape index (κ2) is 8.05. The van der Waals surface area contributed by atoms with Gasteiger partial charge in [-0.25, -0.2) is 0 Å². The number of aryl methyl sites for hydroxylation is 3. The lowest BCUT2D eigenvalue weighted by Crippen LogP contribution is -2.23. The maximum absolute atomic E-state index is 11.8. The van der Waals surface area contributed by atoms with Crippen molar-refractivity contribution in [2.24, 2.45) is 0 Å². The van der Waals surface area contributed by atoms with E-state index in [0.29, 0.717) is 12.1 Å². The van der Waals surface area contributed by atoms with Gasteiger partial charge in [0.25, 0.3) is 5.69 Å². The van der Waals surface area contributed by atoms with Crippen LogP contribution in [0.15, 0.2) is 36.4 Å². The first-order chi connectivity index (χ1) is 11.5. The molecule has 0 unspecified atom stereocenters. The Labute approximate surface area is 140 Å². The van der Waals surface area contributed by atoms with Crippen LogP contribution in [0.5, 0.6) is 0 Å². The topological polar surface area (TPSA) is 90.1 Å². The predicted octanol–water partition coefficient (Wildman–Crippen LogP) is 2.63. The third-order valence-electron chi connectivity index (χ3n) is 3.46. The molecule has 0 aliphatic heterocycles. The Kier molecular flexibility index (Phi) is 5.83. The normalized spacial score (nSPS) is 10.9. The van der Waals surface area contributed by atoms with Gasteiger partial charge in [0.15, 0.2) is 0 Å². The van der Waals surface area contributed by atoms with Gasteiger partial charge in [0.1, 0.15) is 0 Å². The summed E-state index contributed by atoms with van der Waals surface area (Å²) in [7, 11) is 0. The van der Waals surface area contributed by atoms with Gasteiger partial charge < -0.3 is 5.32 Å². The Morgan fingerprint density at radius 3 is 2.83 bits per heavy atom. The maximum atomic E-state index is 11.8. The summed E-state index contributed by atoms with van der Waals surface area (Å²) in [6.45, 7) is 5.23. The fourth-order valence-electron chi connectivity index (χ4n) is 2.31. The van der Waals surface area contributed by atoms with Crippen molar-refractivity contribution in [1.29, 1.82) is 0 Å². The highest BCUT2D eigenvalue weighted by Gasteiger charge is 2.04. The summed E-state index contributed by atoms with van der Waals surface area (Å²) in [5.41, 5.74) is 2.70. The van der Waals surface area contributed by atoms with Crippen molar-refractivity contribution in [2.75, 3.05) is 6.54 Å². The largest absolute Gasteiger partial charge is 0.352 e. The highest BCUT2D eigenvalue weighted by Crippen LogP contribution is 2.13. The van der Waals surface area contributed by atoms with Crippen molar-refractivity contribution in [3.63, 3.8) is 0 Å². The Hall–Kier alpha value is -2.96. The van der Waals surface area contributed by atoms with E-state index >= 15 is 0 Å². The summed E-state index contributed by atoms with van der Waals surface area (Å²) in [5.74, 6) is -0.227. The zero-order valence-electron chi connectivity index (χ0n) is 13.7. The van der Waals surface area contributed by atoms with Crippen LogP contribution >= 0.6 is 0 Å². The number of nitrogens with zero attached hydrogens (tertiary/aromatic N) is 3. The molecule has 0 radical (unpaired) electrons. The summed E-state index contributed by atoms with van der Waals surface area (Å²) >= 11 is 0. The molecule has 1 amide bonds. The van der Waals surface area contributed by atoms with Crippen LogP contribution in [-0.2, 0) is 11.3 Å². The van der Waals surface area contributed by atoms with Crippen LogP contribution in [-0.4, -0.2) is 27.2 Å². The third kappa shape index (κ3) is 5.05. The molecule has 0 aliphatic rings. The smallest absolute Gasteiger partial charge is 0.270 e. The fourth-order valence-corrected chi connectivity index (χ4v) is 2.31. The van der Waals surface area contributed by atoms with E-state index in [4.69, 9.17) is 0 Å². The van der Waals surface area contributed by atoms with Crippen LogP contribution in [0.3, 0.4) is 0 Å². The summed E-state index contributed by atoms with van der Waals surface area (Å²) in [6.07, 6.45) is 3.71. The molecule has 2 rings (SSSR count). The number of hydrogen-bond donors (Lipinski definition) is 1. The Bertz CT molecular complexity index is 765. The number of aromatic nitrogens is 2. The molecule has 0 aliphatic carbocycles. The van der Waals surface area contributed by atoms with E-state index in [2.05, 4.69) is 10.4 Å². The van der Waals surface area contributed by atoms with Crippen molar-refractivity contribution in [1.82, 2.24) is 15.1 Å². The second-order valence-electron chi connectivity index (χ2n) is 5.48. The van der Waals surface area contributed by atoms with E-state index in [1.165, 1.54) is 18.2 Å². The summed E-state index contributed by atoms with van der Waals surface area (Å²) in [6, 6.07) is 8.15. The molecule has 0 saturated carbocycles. The van der Waals surface area contributed by atoms with Crippen LogP contribution < -0.4 is 5.32 Å². The lowest BCUT2D eigenvalue weighted by Gasteiger charge is -2.05. The Morgan fingerprint density at radius 2 is 2.17 bits per heavy atom. The Morgan fingerprint density at radius 1 is 1.38 bits per heavy atom. The maximum Gasteiger partial charge on any atom is 0.270 e. The molecule has 126 valence electrons. The standard InChI is InChI=1S/C17H20N4O3/c1-13-11-14(2)20(19-13)10-4-9-18-17(22)8-7-15-5-3-6-16(12-15)21(23)24/h3,5-8,11-12H,4,9-10H2,1-2H3,(H,18,22)/b8-7+. The van der Waals surface area contributed by atoms with Crippen molar-refractivity contribution in [2.45, 2.75) is 26.8 Å². The number of nitro groups is 1. The van der Waals surface area contributed by atoms with Gasteiger partial charge in [-0.3, -0.25) is 19.6 Å². The fraction of sp³-hybridized carbons (Fsp3) is 0.294. The van der Waals surface area contributed by atoms with Crippen LogP contribution in [0.4, 0.5) is 5.69 Å². The average Bonchev–Trinajstić information content (AvgIpc) is 2.87. The monoisotopic (exact) mass is 328 g/mol. The van der Waals surface area contributed by atoms with E-state index in [0.717, 1.165) is 24.4 Å². The first-order valence-electron chi connectivity index (χ1n) is 7.67. The van der Waals surface area contributed by atoms with Gasteiger partial charge in [0, 0.05) is 37.0 Å². The first kappa shape index (κ1) is 17.4. The molecule has 24 heavy (non-hydrogen) atoms. The molecule has 0 atom stereocenters. The van der Waals surface area contributed by atoms with Gasteiger partial charge in [-0.05, 0) is 38.0 Å². The summed E-state index contributed by atoms with van der Waals surface area (Å²) in [5, 5.41) is 17.8. The first-order valence-corrected chi connectivity index (χ1v) is 7.67. The molecule has 0 saturated heterocycles. The summed E-state index contributed by atoms with van der Waals surface area (Å²) in [4.78, 5) is 22.0. The van der Waals surface area contributed by atoms with Crippen molar-refractivity contribution in [3.05, 3.63) is 63.5 Å². The van der Waals surface area contributed by atoms with Crippen LogP contribution in [0.2, 0.25) is 0 Å². The molecule has 0 bridgehead atoms.